The number of benzene rings is 2. The van der Waals surface area contributed by atoms with Crippen LogP contribution < -0.4 is 4.74 Å². The molecule has 2 aliphatic rings. The summed E-state index contributed by atoms with van der Waals surface area (Å²) in [6, 6.07) is 10.5. The normalized spacial score (nSPS) is 20.4. The molecule has 0 bridgehead atoms. The molecule has 1 aromatic heterocycles. The zero-order valence-corrected chi connectivity index (χ0v) is 24.2. The molecule has 2 atom stereocenters. The van der Waals surface area contributed by atoms with E-state index < -0.39 is 16.0 Å². The molecule has 2 fully saturated rings. The van der Waals surface area contributed by atoms with E-state index in [2.05, 4.69) is 11.5 Å². The van der Waals surface area contributed by atoms with Crippen LogP contribution in [0.25, 0.3) is 11.0 Å². The van der Waals surface area contributed by atoms with Crippen molar-refractivity contribution < 1.29 is 27.4 Å². The van der Waals surface area contributed by atoms with E-state index in [1.54, 1.807) is 47.4 Å². The van der Waals surface area contributed by atoms with Gasteiger partial charge in [0.2, 0.25) is 10.0 Å². The van der Waals surface area contributed by atoms with Crippen molar-refractivity contribution >= 4 is 38.8 Å². The molecule has 0 saturated carbocycles. The molecule has 0 radical (unpaired) electrons. The van der Waals surface area contributed by atoms with Crippen LogP contribution in [0.5, 0.6) is 5.75 Å². The summed E-state index contributed by atoms with van der Waals surface area (Å²) in [4.78, 5) is 17.1. The molecule has 2 aliphatic heterocycles. The fraction of sp³-hybridized carbons (Fsp3) is 0.500. The average Bonchev–Trinajstić information content (AvgIpc) is 3.59. The van der Waals surface area contributed by atoms with Gasteiger partial charge in [0, 0.05) is 31.0 Å². The van der Waals surface area contributed by atoms with Crippen LogP contribution in [-0.2, 0) is 31.8 Å². The van der Waals surface area contributed by atoms with Crippen LogP contribution in [0, 0.1) is 5.92 Å². The first-order valence-corrected chi connectivity index (χ1v) is 15.7. The predicted molar refractivity (Wildman–Crippen MR) is 150 cm³/mol. The van der Waals surface area contributed by atoms with Gasteiger partial charge >= 0.3 is 5.97 Å². The standard InChI is InChI=1S/C28H35N3O6S2/c1-19-6-4-12-30(16-19)39(33,34)23-10-11-25-24(15-23)29-28(31(25)17-22-7-5-13-37-22)38-18-21-9-8-20(27(32)36-3)14-26(21)35-2/h8-11,14-15,19,22H,4-7,12-13,16-18H2,1-3H3/t19-,22+/m0/s1. The van der Waals surface area contributed by atoms with E-state index in [0.29, 0.717) is 48.1 Å². The summed E-state index contributed by atoms with van der Waals surface area (Å²) < 4.78 is 46.9. The number of fused-ring (bicyclic) bond motifs is 1. The van der Waals surface area contributed by atoms with E-state index in [-0.39, 0.29) is 11.0 Å². The molecule has 2 aromatic carbocycles. The van der Waals surface area contributed by atoms with Gasteiger partial charge in [-0.1, -0.05) is 24.8 Å². The Morgan fingerprint density at radius 1 is 1.15 bits per heavy atom. The number of carbonyl (C=O) groups is 1. The smallest absolute Gasteiger partial charge is 0.337 e. The Labute approximate surface area is 233 Å². The Hall–Kier alpha value is -2.60. The zero-order chi connectivity index (χ0) is 27.6. The minimum absolute atomic E-state index is 0.0915. The molecule has 210 valence electrons. The molecule has 2 saturated heterocycles. The first kappa shape index (κ1) is 27.9. The number of nitrogens with zero attached hydrogens (tertiary/aromatic N) is 3. The molecule has 3 heterocycles. The van der Waals surface area contributed by atoms with Crippen LogP contribution in [0.4, 0.5) is 0 Å². The van der Waals surface area contributed by atoms with E-state index >= 15 is 0 Å². The van der Waals surface area contributed by atoms with Crippen LogP contribution in [0.1, 0.15) is 48.5 Å². The zero-order valence-electron chi connectivity index (χ0n) is 22.6. The molecule has 5 rings (SSSR count). The molecule has 0 unspecified atom stereocenters. The highest BCUT2D eigenvalue weighted by atomic mass is 32.2. The van der Waals surface area contributed by atoms with Crippen LogP contribution in [-0.4, -0.2) is 68.3 Å². The number of thioether (sulfide) groups is 1. The molecule has 9 nitrogen and oxygen atoms in total. The third kappa shape index (κ3) is 5.96. The first-order valence-electron chi connectivity index (χ1n) is 13.3. The average molecular weight is 574 g/mol. The van der Waals surface area contributed by atoms with Gasteiger partial charge in [-0.25, -0.2) is 18.2 Å². The topological polar surface area (TPSA) is 100.0 Å². The number of sulfonamides is 1. The summed E-state index contributed by atoms with van der Waals surface area (Å²) in [5, 5.41) is 0.778. The Morgan fingerprint density at radius 3 is 2.72 bits per heavy atom. The van der Waals surface area contributed by atoms with Crippen molar-refractivity contribution in [2.45, 2.75) is 61.1 Å². The molecule has 3 aromatic rings. The molecule has 39 heavy (non-hydrogen) atoms. The van der Waals surface area contributed by atoms with Crippen molar-refractivity contribution in [2.24, 2.45) is 5.92 Å². The highest BCUT2D eigenvalue weighted by Crippen LogP contribution is 2.33. The maximum Gasteiger partial charge on any atom is 0.337 e. The Morgan fingerprint density at radius 2 is 2.00 bits per heavy atom. The van der Waals surface area contributed by atoms with Gasteiger partial charge in [0.05, 0.1) is 48.4 Å². The van der Waals surface area contributed by atoms with E-state index in [4.69, 9.17) is 19.2 Å². The maximum absolute atomic E-state index is 13.4. The van der Waals surface area contributed by atoms with Crippen molar-refractivity contribution in [3.8, 4) is 5.75 Å². The van der Waals surface area contributed by atoms with Crippen LogP contribution in [0.15, 0.2) is 46.5 Å². The molecule has 0 amide bonds. The lowest BCUT2D eigenvalue weighted by molar-refractivity contribution is 0.0600. The first-order chi connectivity index (χ1) is 18.8. The largest absolute Gasteiger partial charge is 0.496 e. The number of aromatic nitrogens is 2. The fourth-order valence-corrected chi connectivity index (χ4v) is 7.92. The van der Waals surface area contributed by atoms with E-state index in [1.807, 2.05) is 12.1 Å². The van der Waals surface area contributed by atoms with Gasteiger partial charge in [0.25, 0.3) is 0 Å². The minimum atomic E-state index is -3.59. The molecular formula is C28H35N3O6S2. The predicted octanol–water partition coefficient (Wildman–Crippen LogP) is 4.72. The molecule has 0 N–H and O–H groups in total. The number of piperidine rings is 1. The minimum Gasteiger partial charge on any atom is -0.496 e. The SMILES string of the molecule is COC(=O)c1ccc(CSc2nc3cc(S(=O)(=O)N4CCC[C@H](C)C4)ccc3n2C[C@H]2CCCO2)c(OC)c1. The van der Waals surface area contributed by atoms with Crippen LogP contribution in [0.3, 0.4) is 0 Å². The van der Waals surface area contributed by atoms with Gasteiger partial charge in [-0.3, -0.25) is 0 Å². The lowest BCUT2D eigenvalue weighted by atomic mass is 10.0. The number of esters is 1. The third-order valence-corrected chi connectivity index (χ3v) is 10.3. The molecule has 0 aliphatic carbocycles. The molecular weight excluding hydrogens is 538 g/mol. The molecule has 11 heteroatoms. The van der Waals surface area contributed by atoms with Crippen LogP contribution in [0.2, 0.25) is 0 Å². The van der Waals surface area contributed by atoms with Gasteiger partial charge in [-0.05, 0) is 61.9 Å². The second-order valence-corrected chi connectivity index (χ2v) is 13.1. The second-order valence-electron chi connectivity index (χ2n) is 10.2. The molecule has 0 spiro atoms. The Bertz CT molecular complexity index is 1450. The second kappa shape index (κ2) is 11.9. The van der Waals surface area contributed by atoms with Crippen molar-refractivity contribution in [1.82, 2.24) is 13.9 Å². The number of methoxy groups -OCH3 is 2. The van der Waals surface area contributed by atoms with Crippen LogP contribution >= 0.6 is 11.8 Å². The maximum atomic E-state index is 13.4. The Kier molecular flexibility index (Phi) is 8.51. The summed E-state index contributed by atoms with van der Waals surface area (Å²) in [6.07, 6.45) is 4.03. The highest BCUT2D eigenvalue weighted by molar-refractivity contribution is 7.98. The monoisotopic (exact) mass is 573 g/mol. The van der Waals surface area contributed by atoms with Crippen molar-refractivity contribution in [3.05, 3.63) is 47.5 Å². The third-order valence-electron chi connectivity index (χ3n) is 7.42. The van der Waals surface area contributed by atoms with Gasteiger partial charge < -0.3 is 18.8 Å². The Balaban J connectivity index is 1.46. The summed E-state index contributed by atoms with van der Waals surface area (Å²) in [6.45, 7) is 4.59. The van der Waals surface area contributed by atoms with Crippen molar-refractivity contribution in [3.63, 3.8) is 0 Å². The van der Waals surface area contributed by atoms with Gasteiger partial charge in [-0.2, -0.15) is 4.31 Å². The number of rotatable bonds is 9. The number of ether oxygens (including phenoxy) is 3. The highest BCUT2D eigenvalue weighted by Gasteiger charge is 2.29. The number of hydrogen-bond donors (Lipinski definition) is 0. The number of imidazole rings is 1. The summed E-state index contributed by atoms with van der Waals surface area (Å²) in [5.74, 6) is 1.08. The summed E-state index contributed by atoms with van der Waals surface area (Å²) in [5.41, 5.74) is 2.86. The fourth-order valence-electron chi connectivity index (χ4n) is 5.29. The number of hydrogen-bond acceptors (Lipinski definition) is 8. The van der Waals surface area contributed by atoms with E-state index in [1.165, 1.54) is 7.11 Å². The quantitative estimate of drug-likeness (QED) is 0.268. The van der Waals surface area contributed by atoms with Crippen molar-refractivity contribution in [1.29, 1.82) is 0 Å². The lowest BCUT2D eigenvalue weighted by Gasteiger charge is -2.30. The summed E-state index contributed by atoms with van der Waals surface area (Å²) in [7, 11) is -0.672. The summed E-state index contributed by atoms with van der Waals surface area (Å²) >= 11 is 1.54. The van der Waals surface area contributed by atoms with Crippen molar-refractivity contribution in [2.75, 3.05) is 33.9 Å². The number of carbonyl (C=O) groups excluding carboxylic acids is 1. The van der Waals surface area contributed by atoms with E-state index in [0.717, 1.165) is 48.5 Å². The van der Waals surface area contributed by atoms with Gasteiger partial charge in [0.1, 0.15) is 5.75 Å². The van der Waals surface area contributed by atoms with Gasteiger partial charge in [0.15, 0.2) is 5.16 Å². The van der Waals surface area contributed by atoms with Gasteiger partial charge in [-0.15, -0.1) is 0 Å². The lowest BCUT2D eigenvalue weighted by Crippen LogP contribution is -2.39. The van der Waals surface area contributed by atoms with E-state index in [9.17, 15) is 13.2 Å².